The first-order valence-electron chi connectivity index (χ1n) is 14.7. The minimum absolute atomic E-state index is 0.0746. The molecule has 4 aromatic carbocycles. The lowest BCUT2D eigenvalue weighted by Crippen LogP contribution is -2.34. The molecule has 1 fully saturated rings. The Hall–Kier alpha value is -4.58. The van der Waals surface area contributed by atoms with Crippen LogP contribution in [0.25, 0.3) is 16.8 Å². The van der Waals surface area contributed by atoms with Crippen LogP contribution in [0, 0.1) is 5.92 Å². The number of fused-ring (bicyclic) bond motifs is 2. The topological polar surface area (TPSA) is 48.4 Å². The van der Waals surface area contributed by atoms with E-state index < -0.39 is 0 Å². The second kappa shape index (κ2) is 11.7. The van der Waals surface area contributed by atoms with E-state index in [-0.39, 0.29) is 24.5 Å². The first-order valence-corrected chi connectivity index (χ1v) is 14.7. The molecule has 0 spiro atoms. The lowest BCUT2D eigenvalue weighted by Gasteiger charge is -2.30. The Balaban J connectivity index is 1.32. The molecule has 6 rings (SSSR count). The highest BCUT2D eigenvalue weighted by atomic mass is 16.5. The summed E-state index contributed by atoms with van der Waals surface area (Å²) in [5.74, 6) is 0.707. The van der Waals surface area contributed by atoms with Gasteiger partial charge in [0.25, 0.3) is 5.91 Å². The van der Waals surface area contributed by atoms with Crippen molar-refractivity contribution in [2.24, 2.45) is 11.0 Å². The zero-order valence-corrected chi connectivity index (χ0v) is 24.8. The summed E-state index contributed by atoms with van der Waals surface area (Å²) in [4.78, 5) is 18.1. The molecule has 1 aliphatic carbocycles. The van der Waals surface area contributed by atoms with E-state index in [0.717, 1.165) is 52.6 Å². The van der Waals surface area contributed by atoms with Gasteiger partial charge in [-0.25, -0.2) is 5.01 Å². The number of ether oxygens (including phenoxy) is 1. The van der Waals surface area contributed by atoms with Gasteiger partial charge in [-0.05, 0) is 77.8 Å². The summed E-state index contributed by atoms with van der Waals surface area (Å²) in [5.41, 5.74) is 6.78. The molecule has 2 aliphatic rings. The van der Waals surface area contributed by atoms with Crippen LogP contribution in [0.5, 0.6) is 5.75 Å². The maximum absolute atomic E-state index is 13.9. The molecular weight excluding hydrogens is 520 g/mol. The lowest BCUT2D eigenvalue weighted by atomic mass is 9.77. The number of hydrogen-bond donors (Lipinski definition) is 0. The van der Waals surface area contributed by atoms with Gasteiger partial charge in [0.1, 0.15) is 5.75 Å². The first-order chi connectivity index (χ1) is 20.4. The zero-order valence-electron chi connectivity index (χ0n) is 24.8. The fourth-order valence-corrected chi connectivity index (χ4v) is 6.11. The van der Waals surface area contributed by atoms with Gasteiger partial charge in [-0.3, -0.25) is 4.79 Å². The van der Waals surface area contributed by atoms with E-state index in [1.54, 1.807) is 5.01 Å². The fraction of sp³-hybridized carbons (Fsp3) is 0.278. The van der Waals surface area contributed by atoms with Gasteiger partial charge in [0, 0.05) is 50.9 Å². The highest BCUT2D eigenvalue weighted by Crippen LogP contribution is 2.44. The summed E-state index contributed by atoms with van der Waals surface area (Å²) in [6, 6.07) is 30.9. The molecule has 6 heteroatoms. The minimum Gasteiger partial charge on any atom is -0.483 e. The molecule has 2 unspecified atom stereocenters. The molecule has 0 saturated heterocycles. The maximum Gasteiger partial charge on any atom is 0.281 e. The number of benzene rings is 4. The van der Waals surface area contributed by atoms with E-state index in [1.807, 2.05) is 58.5 Å². The molecule has 2 atom stereocenters. The number of nitrogens with zero attached hydrogens (tertiary/aromatic N) is 4. The Labute approximate surface area is 248 Å². The van der Waals surface area contributed by atoms with Gasteiger partial charge >= 0.3 is 0 Å². The summed E-state index contributed by atoms with van der Waals surface area (Å²) in [5, 5.41) is 8.84. The van der Waals surface area contributed by atoms with Crippen molar-refractivity contribution in [1.82, 2.24) is 5.01 Å². The molecule has 0 N–H and O–H groups in total. The van der Waals surface area contributed by atoms with Crippen molar-refractivity contribution >= 4 is 39.8 Å². The molecule has 0 bridgehead atoms. The quantitative estimate of drug-likeness (QED) is 0.241. The number of carbonyl (C=O) groups excluding carboxylic acids is 1. The van der Waals surface area contributed by atoms with Crippen LogP contribution in [-0.4, -0.2) is 51.4 Å². The first kappa shape index (κ1) is 27.6. The SMILES string of the molecule is CN(C)c1ccc(/C=C2/CCCC3C2=NN(C(=O)COc2cccc4ccccc24)C3c2ccc(N(C)C)cc2)cc1. The van der Waals surface area contributed by atoms with Gasteiger partial charge in [-0.1, -0.05) is 60.7 Å². The average Bonchev–Trinajstić information content (AvgIpc) is 3.41. The van der Waals surface area contributed by atoms with Gasteiger partial charge in [0.2, 0.25) is 0 Å². The number of hydrogen-bond acceptors (Lipinski definition) is 5. The summed E-state index contributed by atoms with van der Waals surface area (Å²) in [7, 11) is 8.17. The molecule has 4 aromatic rings. The van der Waals surface area contributed by atoms with E-state index in [2.05, 4.69) is 76.5 Å². The van der Waals surface area contributed by atoms with E-state index in [9.17, 15) is 4.79 Å². The average molecular weight is 559 g/mol. The predicted octanol–water partition coefficient (Wildman–Crippen LogP) is 7.17. The summed E-state index contributed by atoms with van der Waals surface area (Å²) >= 11 is 0. The Morgan fingerprint density at radius 1 is 0.881 bits per heavy atom. The zero-order chi connectivity index (χ0) is 29.2. The number of anilines is 2. The van der Waals surface area contributed by atoms with Crippen LogP contribution in [0.2, 0.25) is 0 Å². The van der Waals surface area contributed by atoms with Gasteiger partial charge < -0.3 is 14.5 Å². The minimum atomic E-state index is -0.167. The van der Waals surface area contributed by atoms with Crippen LogP contribution in [0.3, 0.4) is 0 Å². The Morgan fingerprint density at radius 3 is 2.26 bits per heavy atom. The highest BCUT2D eigenvalue weighted by Gasteiger charge is 2.43. The van der Waals surface area contributed by atoms with Crippen LogP contribution < -0.4 is 14.5 Å². The molecule has 1 amide bonds. The fourth-order valence-electron chi connectivity index (χ4n) is 6.11. The standard InChI is InChI=1S/C36H38N4O2/c1-38(2)29-19-15-25(16-20-29)23-28-11-7-13-32-35(28)37-40(36(32)27-17-21-30(22-18-27)39(3)4)34(41)24-42-33-14-8-10-26-9-5-6-12-31(26)33/h5-6,8-10,12,14-23,32,36H,7,11,13,24H2,1-4H3/b28-23-. The number of allylic oxidation sites excluding steroid dienone is 1. The predicted molar refractivity (Wildman–Crippen MR) is 173 cm³/mol. The van der Waals surface area contributed by atoms with Crippen molar-refractivity contribution in [3.05, 3.63) is 108 Å². The molecule has 42 heavy (non-hydrogen) atoms. The Morgan fingerprint density at radius 2 is 1.55 bits per heavy atom. The van der Waals surface area contributed by atoms with E-state index >= 15 is 0 Å². The second-order valence-corrected chi connectivity index (χ2v) is 11.6. The molecule has 6 nitrogen and oxygen atoms in total. The van der Waals surface area contributed by atoms with Crippen molar-refractivity contribution in [1.29, 1.82) is 0 Å². The third-order valence-electron chi connectivity index (χ3n) is 8.36. The maximum atomic E-state index is 13.9. The summed E-state index contributed by atoms with van der Waals surface area (Å²) in [6.07, 6.45) is 5.25. The van der Waals surface area contributed by atoms with Crippen LogP contribution in [0.15, 0.2) is 102 Å². The van der Waals surface area contributed by atoms with E-state index in [4.69, 9.17) is 9.84 Å². The third kappa shape index (κ3) is 5.49. The number of rotatable bonds is 7. The number of hydrazone groups is 1. The molecular formula is C36H38N4O2. The Kier molecular flexibility index (Phi) is 7.70. The lowest BCUT2D eigenvalue weighted by molar-refractivity contribution is -0.135. The van der Waals surface area contributed by atoms with Gasteiger partial charge in [0.05, 0.1) is 11.8 Å². The van der Waals surface area contributed by atoms with Crippen LogP contribution in [-0.2, 0) is 4.79 Å². The van der Waals surface area contributed by atoms with Crippen LogP contribution in [0.1, 0.15) is 36.4 Å². The molecule has 1 saturated carbocycles. The third-order valence-corrected chi connectivity index (χ3v) is 8.36. The molecule has 214 valence electrons. The van der Waals surface area contributed by atoms with Crippen LogP contribution in [0.4, 0.5) is 11.4 Å². The molecule has 0 radical (unpaired) electrons. The van der Waals surface area contributed by atoms with Gasteiger partial charge in [0.15, 0.2) is 6.61 Å². The van der Waals surface area contributed by atoms with Gasteiger partial charge in [-0.15, -0.1) is 0 Å². The summed E-state index contributed by atoms with van der Waals surface area (Å²) < 4.78 is 6.15. The normalized spacial score (nSPS) is 19.0. The number of carbonyl (C=O) groups is 1. The Bertz CT molecular complexity index is 1630. The largest absolute Gasteiger partial charge is 0.483 e. The van der Waals surface area contributed by atoms with Crippen molar-refractivity contribution in [2.75, 3.05) is 44.6 Å². The van der Waals surface area contributed by atoms with Crippen molar-refractivity contribution in [3.63, 3.8) is 0 Å². The highest BCUT2D eigenvalue weighted by molar-refractivity contribution is 6.08. The second-order valence-electron chi connectivity index (χ2n) is 11.6. The van der Waals surface area contributed by atoms with E-state index in [1.165, 1.54) is 11.3 Å². The molecule has 1 heterocycles. The van der Waals surface area contributed by atoms with Crippen molar-refractivity contribution in [2.45, 2.75) is 25.3 Å². The number of amides is 1. The summed E-state index contributed by atoms with van der Waals surface area (Å²) in [6.45, 7) is -0.0746. The van der Waals surface area contributed by atoms with Crippen LogP contribution >= 0.6 is 0 Å². The van der Waals surface area contributed by atoms with E-state index in [0.29, 0.717) is 5.75 Å². The molecule has 0 aromatic heterocycles. The smallest absolute Gasteiger partial charge is 0.281 e. The van der Waals surface area contributed by atoms with Crippen molar-refractivity contribution < 1.29 is 9.53 Å². The van der Waals surface area contributed by atoms with Crippen molar-refractivity contribution in [3.8, 4) is 5.75 Å². The van der Waals surface area contributed by atoms with Gasteiger partial charge in [-0.2, -0.15) is 5.10 Å². The monoisotopic (exact) mass is 558 g/mol. The molecule has 1 aliphatic heterocycles.